The van der Waals surface area contributed by atoms with Gasteiger partial charge in [0.2, 0.25) is 0 Å². The van der Waals surface area contributed by atoms with E-state index in [0.29, 0.717) is 0 Å². The summed E-state index contributed by atoms with van der Waals surface area (Å²) in [5.41, 5.74) is 0.968. The van der Waals surface area contributed by atoms with Crippen molar-refractivity contribution in [2.24, 2.45) is 5.92 Å². The first kappa shape index (κ1) is 15.8. The Labute approximate surface area is 126 Å². The van der Waals surface area contributed by atoms with Crippen LogP contribution in [0.4, 0.5) is 11.4 Å². The summed E-state index contributed by atoms with van der Waals surface area (Å²) in [6.45, 7) is 9.37. The molecule has 0 bridgehead atoms. The van der Waals surface area contributed by atoms with Gasteiger partial charge in [-0.05, 0) is 31.4 Å². The second-order valence-corrected chi connectivity index (χ2v) is 6.11. The first-order valence-electron chi connectivity index (χ1n) is 7.78. The maximum Gasteiger partial charge on any atom is 0.292 e. The van der Waals surface area contributed by atoms with Gasteiger partial charge in [0.15, 0.2) is 0 Å². The summed E-state index contributed by atoms with van der Waals surface area (Å²) in [5, 5.41) is 11.1. The molecule has 5 heteroatoms. The van der Waals surface area contributed by atoms with Crippen molar-refractivity contribution in [3.63, 3.8) is 0 Å². The third-order valence-electron chi connectivity index (χ3n) is 4.05. The van der Waals surface area contributed by atoms with Crippen molar-refractivity contribution in [3.8, 4) is 0 Å². The molecule has 0 atom stereocenters. The Kier molecular flexibility index (Phi) is 5.56. The van der Waals surface area contributed by atoms with Gasteiger partial charge in [0, 0.05) is 32.2 Å². The number of para-hydroxylation sites is 2. The van der Waals surface area contributed by atoms with Crippen molar-refractivity contribution in [2.75, 3.05) is 37.6 Å². The number of nitrogens with zero attached hydrogens (tertiary/aromatic N) is 3. The van der Waals surface area contributed by atoms with Crippen LogP contribution in [0.3, 0.4) is 0 Å². The normalized spacial score (nSPS) is 16.4. The van der Waals surface area contributed by atoms with Crippen LogP contribution in [0.25, 0.3) is 0 Å². The number of nitro groups is 1. The fourth-order valence-electron chi connectivity index (χ4n) is 2.82. The highest BCUT2D eigenvalue weighted by Gasteiger charge is 2.22. The van der Waals surface area contributed by atoms with E-state index in [2.05, 4.69) is 23.6 Å². The molecule has 1 saturated heterocycles. The molecule has 0 spiro atoms. The molecule has 0 aromatic heterocycles. The van der Waals surface area contributed by atoms with Crippen LogP contribution in [0.15, 0.2) is 24.3 Å². The first-order chi connectivity index (χ1) is 10.1. The molecule has 1 aromatic carbocycles. The van der Waals surface area contributed by atoms with Crippen molar-refractivity contribution in [1.82, 2.24) is 4.90 Å². The molecule has 2 rings (SSSR count). The molecule has 1 fully saturated rings. The molecule has 116 valence electrons. The van der Waals surface area contributed by atoms with Crippen LogP contribution in [0.2, 0.25) is 0 Å². The second-order valence-electron chi connectivity index (χ2n) is 6.11. The minimum Gasteiger partial charge on any atom is -0.363 e. The molecule has 21 heavy (non-hydrogen) atoms. The fourth-order valence-corrected chi connectivity index (χ4v) is 2.82. The zero-order valence-corrected chi connectivity index (χ0v) is 13.0. The summed E-state index contributed by atoms with van der Waals surface area (Å²) in [6.07, 6.45) is 2.51. The van der Waals surface area contributed by atoms with E-state index in [1.807, 2.05) is 12.1 Å². The molecule has 1 heterocycles. The predicted octanol–water partition coefficient (Wildman–Crippen LogP) is 3.15. The van der Waals surface area contributed by atoms with Gasteiger partial charge in [0.05, 0.1) is 4.92 Å². The van der Waals surface area contributed by atoms with Crippen LogP contribution >= 0.6 is 0 Å². The fraction of sp³-hybridized carbons (Fsp3) is 0.625. The molecule has 1 aliphatic heterocycles. The zero-order valence-electron chi connectivity index (χ0n) is 13.0. The lowest BCUT2D eigenvalue weighted by molar-refractivity contribution is -0.384. The number of hydrogen-bond donors (Lipinski definition) is 0. The van der Waals surface area contributed by atoms with Gasteiger partial charge in [-0.3, -0.25) is 15.0 Å². The Balaban J connectivity index is 1.88. The molecule has 0 unspecified atom stereocenters. The van der Waals surface area contributed by atoms with Gasteiger partial charge in [0.25, 0.3) is 5.69 Å². The number of nitro benzene ring substituents is 1. The monoisotopic (exact) mass is 291 g/mol. The second kappa shape index (κ2) is 7.41. The van der Waals surface area contributed by atoms with Crippen molar-refractivity contribution >= 4 is 11.4 Å². The van der Waals surface area contributed by atoms with Gasteiger partial charge in [-0.25, -0.2) is 0 Å². The number of benzene rings is 1. The zero-order chi connectivity index (χ0) is 15.2. The number of anilines is 1. The Hall–Kier alpha value is -1.62. The van der Waals surface area contributed by atoms with Crippen LogP contribution < -0.4 is 4.90 Å². The number of rotatable bonds is 6. The van der Waals surface area contributed by atoms with Crippen LogP contribution in [-0.2, 0) is 0 Å². The highest BCUT2D eigenvalue weighted by molar-refractivity contribution is 5.63. The van der Waals surface area contributed by atoms with Crippen LogP contribution in [0, 0.1) is 16.0 Å². The molecule has 0 amide bonds. The van der Waals surface area contributed by atoms with E-state index < -0.39 is 0 Å². The number of piperazine rings is 1. The van der Waals surface area contributed by atoms with E-state index in [-0.39, 0.29) is 10.6 Å². The quantitative estimate of drug-likeness (QED) is 0.597. The summed E-state index contributed by atoms with van der Waals surface area (Å²) in [7, 11) is 0. The largest absolute Gasteiger partial charge is 0.363 e. The molecule has 5 nitrogen and oxygen atoms in total. The van der Waals surface area contributed by atoms with Crippen LogP contribution in [-0.4, -0.2) is 42.5 Å². The standard InChI is InChI=1S/C16H25N3O2/c1-14(2)6-5-9-17-10-12-18(13-11-17)15-7-3-4-8-16(15)19(20)21/h3-4,7-8,14H,5-6,9-13H2,1-2H3. The van der Waals surface area contributed by atoms with Crippen molar-refractivity contribution < 1.29 is 4.92 Å². The van der Waals surface area contributed by atoms with E-state index in [1.165, 1.54) is 12.8 Å². The van der Waals surface area contributed by atoms with E-state index in [9.17, 15) is 10.1 Å². The van der Waals surface area contributed by atoms with Crippen LogP contribution in [0.1, 0.15) is 26.7 Å². The summed E-state index contributed by atoms with van der Waals surface area (Å²) in [4.78, 5) is 15.4. The van der Waals surface area contributed by atoms with Gasteiger partial charge < -0.3 is 4.90 Å². The molecule has 0 radical (unpaired) electrons. The maximum absolute atomic E-state index is 11.1. The Morgan fingerprint density at radius 2 is 1.86 bits per heavy atom. The molecular weight excluding hydrogens is 266 g/mol. The highest BCUT2D eigenvalue weighted by atomic mass is 16.6. The Bertz CT molecular complexity index is 468. The average Bonchev–Trinajstić information content (AvgIpc) is 2.47. The summed E-state index contributed by atoms with van der Waals surface area (Å²) in [5.74, 6) is 0.762. The predicted molar refractivity (Wildman–Crippen MR) is 85.8 cm³/mol. The van der Waals surface area contributed by atoms with Gasteiger partial charge in [-0.1, -0.05) is 26.0 Å². The SMILES string of the molecule is CC(C)CCCN1CCN(c2ccccc2[N+](=O)[O-])CC1. The van der Waals surface area contributed by atoms with E-state index >= 15 is 0 Å². The first-order valence-corrected chi connectivity index (χ1v) is 7.78. The molecule has 0 aliphatic carbocycles. The number of hydrogen-bond acceptors (Lipinski definition) is 4. The average molecular weight is 291 g/mol. The highest BCUT2D eigenvalue weighted by Crippen LogP contribution is 2.28. The lowest BCUT2D eigenvalue weighted by Gasteiger charge is -2.35. The van der Waals surface area contributed by atoms with Crippen molar-refractivity contribution in [2.45, 2.75) is 26.7 Å². The molecule has 0 saturated carbocycles. The molecule has 0 N–H and O–H groups in total. The van der Waals surface area contributed by atoms with Gasteiger partial charge in [-0.15, -0.1) is 0 Å². The maximum atomic E-state index is 11.1. The summed E-state index contributed by atoms with van der Waals surface area (Å²) >= 11 is 0. The lowest BCUT2D eigenvalue weighted by Crippen LogP contribution is -2.46. The Morgan fingerprint density at radius 3 is 2.48 bits per heavy atom. The van der Waals surface area contributed by atoms with Gasteiger partial charge in [-0.2, -0.15) is 0 Å². The van der Waals surface area contributed by atoms with E-state index in [0.717, 1.165) is 44.3 Å². The van der Waals surface area contributed by atoms with Crippen molar-refractivity contribution in [1.29, 1.82) is 0 Å². The third kappa shape index (κ3) is 4.43. The van der Waals surface area contributed by atoms with Crippen LogP contribution in [0.5, 0.6) is 0 Å². The third-order valence-corrected chi connectivity index (χ3v) is 4.05. The molecule has 1 aliphatic rings. The van der Waals surface area contributed by atoms with Gasteiger partial charge >= 0.3 is 0 Å². The smallest absolute Gasteiger partial charge is 0.292 e. The van der Waals surface area contributed by atoms with E-state index in [1.54, 1.807) is 12.1 Å². The molecular formula is C16H25N3O2. The lowest BCUT2D eigenvalue weighted by atomic mass is 10.1. The van der Waals surface area contributed by atoms with E-state index in [4.69, 9.17) is 0 Å². The topological polar surface area (TPSA) is 49.6 Å². The summed E-state index contributed by atoms with van der Waals surface area (Å²) < 4.78 is 0. The molecule has 1 aromatic rings. The summed E-state index contributed by atoms with van der Waals surface area (Å²) in [6, 6.07) is 7.04. The van der Waals surface area contributed by atoms with Gasteiger partial charge in [0.1, 0.15) is 5.69 Å². The van der Waals surface area contributed by atoms with Crippen molar-refractivity contribution in [3.05, 3.63) is 34.4 Å². The Morgan fingerprint density at radius 1 is 1.19 bits per heavy atom. The minimum atomic E-state index is -0.287. The minimum absolute atomic E-state index is 0.214.